The van der Waals surface area contributed by atoms with Gasteiger partial charge in [0.15, 0.2) is 0 Å². The molecule has 0 saturated carbocycles. The summed E-state index contributed by atoms with van der Waals surface area (Å²) >= 11 is 0. The van der Waals surface area contributed by atoms with Crippen LogP contribution in [0.3, 0.4) is 0 Å². The Hall–Kier alpha value is -1.38. The minimum Gasteiger partial charge on any atom is -0.481 e. The molecule has 100 valence electrons. The number of hydrogen-bond acceptors (Lipinski definition) is 1. The normalized spacial score (nSPS) is 14.2. The number of carbonyl (C=O) groups is 1. The molecule has 0 bridgehead atoms. The number of aliphatic carboxylic acids is 1. The maximum Gasteiger partial charge on any atom is 0.306 e. The molecule has 1 rings (SSSR count). The monoisotopic (exact) mass is 252 g/mol. The molecule has 0 saturated heterocycles. The van der Waals surface area contributed by atoms with E-state index >= 15 is 0 Å². The van der Waals surface area contributed by atoms with Crippen LogP contribution >= 0.6 is 0 Å². The first-order valence-electron chi connectivity index (χ1n) is 6.46. The molecule has 0 amide bonds. The first-order chi connectivity index (χ1) is 8.49. The van der Waals surface area contributed by atoms with Crippen molar-refractivity contribution in [2.75, 3.05) is 0 Å². The molecular formula is C15H21FO2. The van der Waals surface area contributed by atoms with Crippen molar-refractivity contribution in [3.05, 3.63) is 35.6 Å². The molecule has 1 aromatic rings. The highest BCUT2D eigenvalue weighted by molar-refractivity contribution is 5.69. The lowest BCUT2D eigenvalue weighted by Gasteiger charge is -2.13. The van der Waals surface area contributed by atoms with Gasteiger partial charge in [0.25, 0.3) is 0 Å². The molecule has 3 heteroatoms. The van der Waals surface area contributed by atoms with Gasteiger partial charge in [-0.25, -0.2) is 4.39 Å². The third-order valence-corrected chi connectivity index (χ3v) is 3.23. The minimum absolute atomic E-state index is 0.194. The fourth-order valence-electron chi connectivity index (χ4n) is 2.17. The van der Waals surface area contributed by atoms with Crippen LogP contribution in [0.2, 0.25) is 0 Å². The van der Waals surface area contributed by atoms with Crippen LogP contribution in [0.5, 0.6) is 0 Å². The maximum absolute atomic E-state index is 12.9. The van der Waals surface area contributed by atoms with Gasteiger partial charge in [-0.05, 0) is 42.9 Å². The van der Waals surface area contributed by atoms with Gasteiger partial charge in [-0.1, -0.05) is 32.4 Å². The standard InChI is InChI=1S/C15H21FO2/c1-11(9-12(2)15(17)18)5-3-6-13-7-4-8-14(16)10-13/h4,7-8,10-12H,3,5-6,9H2,1-2H3,(H,17,18). The molecule has 1 N–H and O–H groups in total. The molecule has 0 radical (unpaired) electrons. The van der Waals surface area contributed by atoms with Crippen molar-refractivity contribution < 1.29 is 14.3 Å². The summed E-state index contributed by atoms with van der Waals surface area (Å²) < 4.78 is 12.9. The van der Waals surface area contributed by atoms with Crippen LogP contribution in [0.15, 0.2) is 24.3 Å². The second-order valence-electron chi connectivity index (χ2n) is 5.10. The first-order valence-corrected chi connectivity index (χ1v) is 6.46. The molecule has 0 aliphatic heterocycles. The summed E-state index contributed by atoms with van der Waals surface area (Å²) in [5, 5.41) is 8.82. The number of carboxylic acid groups (broad SMARTS) is 1. The molecular weight excluding hydrogens is 231 g/mol. The number of carboxylic acids is 1. The van der Waals surface area contributed by atoms with Crippen molar-refractivity contribution in [3.63, 3.8) is 0 Å². The first kappa shape index (κ1) is 14.7. The number of benzene rings is 1. The van der Waals surface area contributed by atoms with Crippen molar-refractivity contribution in [2.45, 2.75) is 39.5 Å². The molecule has 1 aromatic carbocycles. The van der Waals surface area contributed by atoms with Gasteiger partial charge >= 0.3 is 5.97 Å². The molecule has 0 aliphatic rings. The quantitative estimate of drug-likeness (QED) is 0.799. The van der Waals surface area contributed by atoms with E-state index in [2.05, 4.69) is 6.92 Å². The number of aryl methyl sites for hydroxylation is 1. The summed E-state index contributed by atoms with van der Waals surface area (Å²) in [7, 11) is 0. The molecule has 0 fully saturated rings. The Bertz CT molecular complexity index is 390. The van der Waals surface area contributed by atoms with Gasteiger partial charge in [-0.15, -0.1) is 0 Å². The van der Waals surface area contributed by atoms with Gasteiger partial charge in [0.2, 0.25) is 0 Å². The molecule has 2 nitrogen and oxygen atoms in total. The Balaban J connectivity index is 2.27. The largest absolute Gasteiger partial charge is 0.481 e. The highest BCUT2D eigenvalue weighted by Gasteiger charge is 2.14. The third kappa shape index (κ3) is 5.30. The second-order valence-corrected chi connectivity index (χ2v) is 5.10. The highest BCUT2D eigenvalue weighted by atomic mass is 19.1. The van der Waals surface area contributed by atoms with Gasteiger partial charge in [-0.3, -0.25) is 4.79 Å². The summed E-state index contributed by atoms with van der Waals surface area (Å²) in [6.45, 7) is 3.82. The summed E-state index contributed by atoms with van der Waals surface area (Å²) in [4.78, 5) is 10.7. The molecule has 2 unspecified atom stereocenters. The van der Waals surface area contributed by atoms with Crippen molar-refractivity contribution >= 4 is 5.97 Å². The highest BCUT2D eigenvalue weighted by Crippen LogP contribution is 2.18. The Labute approximate surface area is 108 Å². The Morgan fingerprint density at radius 2 is 2.11 bits per heavy atom. The number of halogens is 1. The SMILES string of the molecule is CC(CCCc1cccc(F)c1)CC(C)C(=O)O. The van der Waals surface area contributed by atoms with Crippen molar-refractivity contribution in [3.8, 4) is 0 Å². The molecule has 0 heterocycles. The third-order valence-electron chi connectivity index (χ3n) is 3.23. The van der Waals surface area contributed by atoms with Crippen molar-refractivity contribution in [2.24, 2.45) is 11.8 Å². The van der Waals surface area contributed by atoms with E-state index in [1.165, 1.54) is 6.07 Å². The van der Waals surface area contributed by atoms with E-state index < -0.39 is 5.97 Å². The Morgan fingerprint density at radius 3 is 2.72 bits per heavy atom. The Kier molecular flexibility index (Phi) is 5.83. The van der Waals surface area contributed by atoms with Crippen molar-refractivity contribution in [1.29, 1.82) is 0 Å². The van der Waals surface area contributed by atoms with E-state index in [0.29, 0.717) is 12.3 Å². The lowest BCUT2D eigenvalue weighted by molar-refractivity contribution is -0.141. The van der Waals surface area contributed by atoms with Crippen LogP contribution < -0.4 is 0 Å². The lowest BCUT2D eigenvalue weighted by Crippen LogP contribution is -2.13. The predicted molar refractivity (Wildman–Crippen MR) is 69.9 cm³/mol. The molecule has 0 aliphatic carbocycles. The van der Waals surface area contributed by atoms with Crippen LogP contribution in [0.1, 0.15) is 38.7 Å². The topological polar surface area (TPSA) is 37.3 Å². The zero-order valence-corrected chi connectivity index (χ0v) is 11.0. The maximum atomic E-state index is 12.9. The summed E-state index contributed by atoms with van der Waals surface area (Å²) in [6, 6.07) is 6.65. The van der Waals surface area contributed by atoms with Gasteiger partial charge in [0, 0.05) is 0 Å². The van der Waals surface area contributed by atoms with Crippen LogP contribution in [-0.4, -0.2) is 11.1 Å². The van der Waals surface area contributed by atoms with E-state index in [0.717, 1.165) is 24.8 Å². The van der Waals surface area contributed by atoms with E-state index in [4.69, 9.17) is 5.11 Å². The number of hydrogen-bond donors (Lipinski definition) is 1. The van der Waals surface area contributed by atoms with E-state index in [9.17, 15) is 9.18 Å². The van der Waals surface area contributed by atoms with Crippen LogP contribution in [-0.2, 0) is 11.2 Å². The molecule has 2 atom stereocenters. The van der Waals surface area contributed by atoms with Crippen LogP contribution in [0.4, 0.5) is 4.39 Å². The van der Waals surface area contributed by atoms with Gasteiger partial charge in [0.1, 0.15) is 5.82 Å². The smallest absolute Gasteiger partial charge is 0.306 e. The van der Waals surface area contributed by atoms with Gasteiger partial charge in [0.05, 0.1) is 5.92 Å². The van der Waals surface area contributed by atoms with Crippen LogP contribution in [0, 0.1) is 17.7 Å². The fourth-order valence-corrected chi connectivity index (χ4v) is 2.17. The van der Waals surface area contributed by atoms with Crippen molar-refractivity contribution in [1.82, 2.24) is 0 Å². The second kappa shape index (κ2) is 7.14. The molecule has 18 heavy (non-hydrogen) atoms. The fraction of sp³-hybridized carbons (Fsp3) is 0.533. The zero-order chi connectivity index (χ0) is 13.5. The minimum atomic E-state index is -0.730. The van der Waals surface area contributed by atoms with E-state index in [1.54, 1.807) is 19.1 Å². The summed E-state index contributed by atoms with van der Waals surface area (Å²) in [6.07, 6.45) is 3.51. The van der Waals surface area contributed by atoms with Gasteiger partial charge < -0.3 is 5.11 Å². The Morgan fingerprint density at radius 1 is 1.39 bits per heavy atom. The number of rotatable bonds is 7. The predicted octanol–water partition coefficient (Wildman–Crippen LogP) is 3.90. The van der Waals surface area contributed by atoms with Gasteiger partial charge in [-0.2, -0.15) is 0 Å². The van der Waals surface area contributed by atoms with E-state index in [1.807, 2.05) is 6.07 Å². The average molecular weight is 252 g/mol. The summed E-state index contributed by atoms with van der Waals surface area (Å²) in [5.41, 5.74) is 1.01. The molecule has 0 spiro atoms. The van der Waals surface area contributed by atoms with Crippen LogP contribution in [0.25, 0.3) is 0 Å². The summed E-state index contributed by atoms with van der Waals surface area (Å²) in [5.74, 6) is -0.814. The van der Waals surface area contributed by atoms with E-state index in [-0.39, 0.29) is 11.7 Å². The molecule has 0 aromatic heterocycles. The zero-order valence-electron chi connectivity index (χ0n) is 11.0. The average Bonchev–Trinajstić information content (AvgIpc) is 2.28. The lowest BCUT2D eigenvalue weighted by atomic mass is 9.92.